The van der Waals surface area contributed by atoms with Gasteiger partial charge in [0.1, 0.15) is 17.3 Å². The van der Waals surface area contributed by atoms with Crippen LogP contribution in [0.4, 0.5) is 20.2 Å². The normalized spacial score (nSPS) is 10.4. The van der Waals surface area contributed by atoms with Gasteiger partial charge in [-0.05, 0) is 30.3 Å². The molecule has 3 N–H and O–H groups in total. The van der Waals surface area contributed by atoms with Crippen molar-refractivity contribution in [2.24, 2.45) is 0 Å². The van der Waals surface area contributed by atoms with Gasteiger partial charge >= 0.3 is 0 Å². The zero-order valence-electron chi connectivity index (χ0n) is 10.7. The molecule has 0 bridgehead atoms. The van der Waals surface area contributed by atoms with E-state index in [1.807, 2.05) is 0 Å². The lowest BCUT2D eigenvalue weighted by Gasteiger charge is -2.08. The lowest BCUT2D eigenvalue weighted by molar-refractivity contribution is -0.113. The number of nitrogens with two attached hydrogens (primary N) is 1. The van der Waals surface area contributed by atoms with E-state index in [1.54, 1.807) is 18.2 Å². The number of carbonyl (C=O) groups excluding carboxylic acids is 1. The number of hydrogen-bond donors (Lipinski definition) is 2. The van der Waals surface area contributed by atoms with Crippen LogP contribution in [0.15, 0.2) is 41.3 Å². The van der Waals surface area contributed by atoms with Crippen LogP contribution in [0, 0.1) is 11.6 Å². The first kappa shape index (κ1) is 15.6. The van der Waals surface area contributed by atoms with E-state index in [1.165, 1.54) is 6.07 Å². The van der Waals surface area contributed by atoms with E-state index in [2.05, 4.69) is 5.32 Å². The predicted octanol–water partition coefficient (Wildman–Crippen LogP) is 3.93. The van der Waals surface area contributed by atoms with Crippen LogP contribution in [0.2, 0.25) is 5.02 Å². The molecule has 0 spiro atoms. The standard InChI is InChI=1S/C14H11ClF2N2OS/c15-9-5-4-8(18)6-12(9)21-7-13(20)19-14-10(16)2-1-3-11(14)17/h1-6H,7,18H2,(H,19,20). The molecule has 0 aliphatic rings. The zero-order valence-corrected chi connectivity index (χ0v) is 12.3. The van der Waals surface area contributed by atoms with E-state index in [-0.39, 0.29) is 5.75 Å². The van der Waals surface area contributed by atoms with E-state index in [9.17, 15) is 13.6 Å². The number of thioether (sulfide) groups is 1. The third-order valence-corrected chi connectivity index (χ3v) is 4.04. The summed E-state index contributed by atoms with van der Waals surface area (Å²) in [5, 5.41) is 2.66. The first-order chi connectivity index (χ1) is 9.97. The van der Waals surface area contributed by atoms with Gasteiger partial charge in [0.25, 0.3) is 0 Å². The number of amides is 1. The number of nitrogens with one attached hydrogen (secondary N) is 1. The Morgan fingerprint density at radius 3 is 2.57 bits per heavy atom. The molecule has 0 radical (unpaired) electrons. The van der Waals surface area contributed by atoms with Crippen LogP contribution in [0.5, 0.6) is 0 Å². The minimum absolute atomic E-state index is 0.0447. The van der Waals surface area contributed by atoms with Crippen molar-refractivity contribution in [3.05, 3.63) is 53.1 Å². The number of benzene rings is 2. The summed E-state index contributed by atoms with van der Waals surface area (Å²) in [6.07, 6.45) is 0. The van der Waals surface area contributed by atoms with Crippen molar-refractivity contribution in [1.29, 1.82) is 0 Å². The maximum atomic E-state index is 13.4. The number of carbonyl (C=O) groups is 1. The van der Waals surface area contributed by atoms with Gasteiger partial charge in [-0.1, -0.05) is 17.7 Å². The highest BCUT2D eigenvalue weighted by Crippen LogP contribution is 2.29. The second-order valence-corrected chi connectivity index (χ2v) is 5.55. The van der Waals surface area contributed by atoms with Gasteiger partial charge in [0, 0.05) is 10.6 Å². The monoisotopic (exact) mass is 328 g/mol. The maximum absolute atomic E-state index is 13.4. The summed E-state index contributed by atoms with van der Waals surface area (Å²) in [4.78, 5) is 12.4. The van der Waals surface area contributed by atoms with Crippen LogP contribution in [0.1, 0.15) is 0 Å². The first-order valence-electron chi connectivity index (χ1n) is 5.89. The highest BCUT2D eigenvalue weighted by molar-refractivity contribution is 8.00. The average molecular weight is 329 g/mol. The summed E-state index contributed by atoms with van der Waals surface area (Å²) in [5.41, 5.74) is 5.68. The molecule has 2 aromatic carbocycles. The summed E-state index contributed by atoms with van der Waals surface area (Å²) in [6.45, 7) is 0. The minimum Gasteiger partial charge on any atom is -0.399 e. The van der Waals surface area contributed by atoms with Crippen molar-refractivity contribution in [3.63, 3.8) is 0 Å². The second-order valence-electron chi connectivity index (χ2n) is 4.12. The predicted molar refractivity (Wildman–Crippen MR) is 81.6 cm³/mol. The molecule has 0 unspecified atom stereocenters. The molecular weight excluding hydrogens is 318 g/mol. The number of rotatable bonds is 4. The van der Waals surface area contributed by atoms with Gasteiger partial charge in [-0.3, -0.25) is 4.79 Å². The third kappa shape index (κ3) is 4.09. The second kappa shape index (κ2) is 6.78. The molecule has 0 heterocycles. The molecular formula is C14H11ClF2N2OS. The fraction of sp³-hybridized carbons (Fsp3) is 0.0714. The number of hydrogen-bond acceptors (Lipinski definition) is 3. The van der Waals surface area contributed by atoms with Gasteiger partial charge in [-0.25, -0.2) is 8.78 Å². The Hall–Kier alpha value is -1.79. The molecule has 0 fully saturated rings. The quantitative estimate of drug-likeness (QED) is 0.660. The Bertz CT molecular complexity index is 662. The number of anilines is 2. The summed E-state index contributed by atoms with van der Waals surface area (Å²) in [7, 11) is 0. The molecule has 110 valence electrons. The van der Waals surface area contributed by atoms with Crippen LogP contribution >= 0.6 is 23.4 Å². The Kier molecular flexibility index (Phi) is 5.03. The number of nitrogen functional groups attached to an aromatic ring is 1. The SMILES string of the molecule is Nc1ccc(Cl)c(SCC(=O)Nc2c(F)cccc2F)c1. The van der Waals surface area contributed by atoms with Crippen LogP contribution < -0.4 is 11.1 Å². The van der Waals surface area contributed by atoms with Crippen molar-refractivity contribution in [2.75, 3.05) is 16.8 Å². The molecule has 0 saturated carbocycles. The molecule has 0 aliphatic heterocycles. The zero-order chi connectivity index (χ0) is 15.4. The molecule has 7 heteroatoms. The van der Waals surface area contributed by atoms with Crippen LogP contribution in [0.3, 0.4) is 0 Å². The highest BCUT2D eigenvalue weighted by atomic mass is 35.5. The first-order valence-corrected chi connectivity index (χ1v) is 7.25. The summed E-state index contributed by atoms with van der Waals surface area (Å²) in [6, 6.07) is 8.25. The van der Waals surface area contributed by atoms with E-state index in [4.69, 9.17) is 17.3 Å². The van der Waals surface area contributed by atoms with Crippen LogP contribution in [0.25, 0.3) is 0 Å². The highest BCUT2D eigenvalue weighted by Gasteiger charge is 2.12. The molecule has 2 aromatic rings. The van der Waals surface area contributed by atoms with Gasteiger partial charge in [0.2, 0.25) is 5.91 Å². The molecule has 0 aliphatic carbocycles. The van der Waals surface area contributed by atoms with E-state index in [0.29, 0.717) is 15.6 Å². The fourth-order valence-corrected chi connectivity index (χ4v) is 2.63. The van der Waals surface area contributed by atoms with E-state index in [0.717, 1.165) is 23.9 Å². The lowest BCUT2D eigenvalue weighted by Crippen LogP contribution is -2.16. The molecule has 2 rings (SSSR count). The van der Waals surface area contributed by atoms with Gasteiger partial charge < -0.3 is 11.1 Å². The van der Waals surface area contributed by atoms with Crippen LogP contribution in [-0.2, 0) is 4.79 Å². The molecule has 3 nitrogen and oxygen atoms in total. The lowest BCUT2D eigenvalue weighted by atomic mass is 10.3. The van der Waals surface area contributed by atoms with Crippen molar-refractivity contribution in [3.8, 4) is 0 Å². The smallest absolute Gasteiger partial charge is 0.234 e. The third-order valence-electron chi connectivity index (χ3n) is 2.54. The molecule has 0 saturated heterocycles. The van der Waals surface area contributed by atoms with Crippen molar-refractivity contribution >= 4 is 40.6 Å². The van der Waals surface area contributed by atoms with Crippen LogP contribution in [-0.4, -0.2) is 11.7 Å². The van der Waals surface area contributed by atoms with Gasteiger partial charge in [-0.2, -0.15) is 0 Å². The minimum atomic E-state index is -0.824. The Morgan fingerprint density at radius 2 is 1.90 bits per heavy atom. The molecule has 0 atom stereocenters. The van der Waals surface area contributed by atoms with Gasteiger partial charge in [0.05, 0.1) is 10.8 Å². The van der Waals surface area contributed by atoms with E-state index >= 15 is 0 Å². The van der Waals surface area contributed by atoms with Crippen molar-refractivity contribution in [2.45, 2.75) is 4.90 Å². The molecule has 21 heavy (non-hydrogen) atoms. The average Bonchev–Trinajstić information content (AvgIpc) is 2.44. The van der Waals surface area contributed by atoms with Crippen molar-refractivity contribution in [1.82, 2.24) is 0 Å². The maximum Gasteiger partial charge on any atom is 0.234 e. The van der Waals surface area contributed by atoms with Crippen molar-refractivity contribution < 1.29 is 13.6 Å². The Morgan fingerprint density at radius 1 is 1.24 bits per heavy atom. The number of halogens is 3. The topological polar surface area (TPSA) is 55.1 Å². The molecule has 1 amide bonds. The summed E-state index contributed by atoms with van der Waals surface area (Å²) < 4.78 is 26.8. The van der Waals surface area contributed by atoms with E-state index < -0.39 is 23.2 Å². The Labute approximate surface area is 129 Å². The van der Waals surface area contributed by atoms with Gasteiger partial charge in [0.15, 0.2) is 0 Å². The largest absolute Gasteiger partial charge is 0.399 e. The van der Waals surface area contributed by atoms with Gasteiger partial charge in [-0.15, -0.1) is 11.8 Å². The number of para-hydroxylation sites is 1. The fourth-order valence-electron chi connectivity index (χ4n) is 1.57. The molecule has 0 aromatic heterocycles. The summed E-state index contributed by atoms with van der Waals surface area (Å²) >= 11 is 7.09. The Balaban J connectivity index is 2.01. The summed E-state index contributed by atoms with van der Waals surface area (Å²) in [5.74, 6) is -2.23.